The molecule has 0 bridgehead atoms. The minimum atomic E-state index is -4.31. The van der Waals surface area contributed by atoms with E-state index in [1.807, 2.05) is 65.0 Å². The molecule has 3 rings (SSSR count). The minimum absolute atomic E-state index is 0.195. The van der Waals surface area contributed by atoms with Crippen LogP contribution in [-0.4, -0.2) is 24.9 Å². The van der Waals surface area contributed by atoms with E-state index in [0.717, 1.165) is 5.56 Å². The number of rotatable bonds is 4. The summed E-state index contributed by atoms with van der Waals surface area (Å²) in [6.45, 7) is 9.84. The summed E-state index contributed by atoms with van der Waals surface area (Å²) >= 11 is 0. The van der Waals surface area contributed by atoms with Crippen molar-refractivity contribution in [3.63, 3.8) is 0 Å². The van der Waals surface area contributed by atoms with Gasteiger partial charge >= 0.3 is 142 Å². The third-order valence-corrected chi connectivity index (χ3v) is 7.56. The molecule has 2 heterocycles. The van der Waals surface area contributed by atoms with Crippen molar-refractivity contribution < 1.29 is 27.4 Å². The molecule has 0 aliphatic carbocycles. The molecule has 1 saturated heterocycles. The Kier molecular flexibility index (Phi) is 3.89. The van der Waals surface area contributed by atoms with Crippen LogP contribution >= 0.6 is 7.74 Å². The first kappa shape index (κ1) is 17.5. The molecule has 6 nitrogen and oxygen atoms in total. The molecule has 1 fully saturated rings. The van der Waals surface area contributed by atoms with Crippen LogP contribution in [-0.2, 0) is 27.4 Å². The van der Waals surface area contributed by atoms with E-state index >= 15 is 0 Å². The summed E-state index contributed by atoms with van der Waals surface area (Å²) in [5.74, 6) is 0.610. The van der Waals surface area contributed by atoms with Crippen molar-refractivity contribution >= 4 is 13.5 Å². The summed E-state index contributed by atoms with van der Waals surface area (Å²) in [7, 11) is -2.80. The monoisotopic (exact) mass is 356 g/mol. The molecule has 2 aliphatic heterocycles. The molecule has 2 aliphatic rings. The van der Waals surface area contributed by atoms with Gasteiger partial charge in [-0.3, -0.25) is 0 Å². The van der Waals surface area contributed by atoms with Gasteiger partial charge in [0, 0.05) is 0 Å². The number of benzene rings is 1. The van der Waals surface area contributed by atoms with E-state index in [1.165, 1.54) is 7.11 Å². The van der Waals surface area contributed by atoms with E-state index in [9.17, 15) is 0 Å². The van der Waals surface area contributed by atoms with Gasteiger partial charge in [0.05, 0.1) is 0 Å². The first-order chi connectivity index (χ1) is 11.2. The molecule has 0 radical (unpaired) electrons. The summed E-state index contributed by atoms with van der Waals surface area (Å²) in [6.07, 6.45) is 0. The van der Waals surface area contributed by atoms with Gasteiger partial charge in [-0.2, -0.15) is 0 Å². The van der Waals surface area contributed by atoms with E-state index in [0.29, 0.717) is 12.4 Å². The maximum atomic E-state index is 6.24. The fourth-order valence-corrected chi connectivity index (χ4v) is 6.34. The third-order valence-electron chi connectivity index (χ3n) is 4.42. The standard InChI is InChI=1S/C17H25O6P/c1-7-19-24(22-16(2,3)17(4,5)23-24)20-14(15(18-6)21-24)13-11-9-8-10-12-13/h8-12H,7H2,1-6H3. The van der Waals surface area contributed by atoms with Crippen molar-refractivity contribution in [1.29, 1.82) is 0 Å². The average Bonchev–Trinajstić information content (AvgIpc) is 2.89. The van der Waals surface area contributed by atoms with Crippen molar-refractivity contribution in [2.75, 3.05) is 13.7 Å². The van der Waals surface area contributed by atoms with Gasteiger partial charge in [-0.15, -0.1) is 0 Å². The van der Waals surface area contributed by atoms with Crippen LogP contribution < -0.4 is 0 Å². The first-order valence-corrected chi connectivity index (χ1v) is 9.82. The molecule has 0 N–H and O–H groups in total. The number of hydrogen-bond acceptors (Lipinski definition) is 6. The van der Waals surface area contributed by atoms with Crippen molar-refractivity contribution in [1.82, 2.24) is 0 Å². The predicted octanol–water partition coefficient (Wildman–Crippen LogP) is 4.77. The van der Waals surface area contributed by atoms with Gasteiger partial charge in [0.1, 0.15) is 0 Å². The Hall–Kier alpha value is -1.33. The summed E-state index contributed by atoms with van der Waals surface area (Å²) in [4.78, 5) is 0. The van der Waals surface area contributed by atoms with Gasteiger partial charge in [-0.25, -0.2) is 0 Å². The van der Waals surface area contributed by atoms with Crippen LogP contribution in [0.15, 0.2) is 36.3 Å². The topological polar surface area (TPSA) is 55.4 Å². The number of methoxy groups -OCH3 is 1. The van der Waals surface area contributed by atoms with Crippen LogP contribution in [0.4, 0.5) is 0 Å². The Morgan fingerprint density at radius 3 is 2.04 bits per heavy atom. The quantitative estimate of drug-likeness (QED) is 0.724. The first-order valence-electron chi connectivity index (χ1n) is 8.00. The summed E-state index contributed by atoms with van der Waals surface area (Å²) in [6, 6.07) is 9.53. The van der Waals surface area contributed by atoms with Crippen LogP contribution in [0, 0.1) is 0 Å². The zero-order chi connectivity index (χ0) is 17.7. The van der Waals surface area contributed by atoms with E-state index in [4.69, 9.17) is 27.4 Å². The molecular weight excluding hydrogens is 331 g/mol. The van der Waals surface area contributed by atoms with Crippen molar-refractivity contribution in [3.8, 4) is 0 Å². The zero-order valence-corrected chi connectivity index (χ0v) is 15.9. The Balaban J connectivity index is 2.07. The summed E-state index contributed by atoms with van der Waals surface area (Å²) < 4.78 is 36.0. The molecule has 7 heteroatoms. The van der Waals surface area contributed by atoms with E-state index in [-0.39, 0.29) is 5.95 Å². The molecule has 0 atom stereocenters. The second-order valence-electron chi connectivity index (χ2n) is 6.74. The number of hydrogen-bond donors (Lipinski definition) is 0. The molecule has 0 unspecified atom stereocenters. The summed E-state index contributed by atoms with van der Waals surface area (Å²) in [5, 5.41) is 0. The Morgan fingerprint density at radius 2 is 1.54 bits per heavy atom. The van der Waals surface area contributed by atoms with Crippen molar-refractivity contribution in [2.45, 2.75) is 45.8 Å². The van der Waals surface area contributed by atoms with Gasteiger partial charge < -0.3 is 0 Å². The van der Waals surface area contributed by atoms with Gasteiger partial charge in [-0.05, 0) is 0 Å². The average molecular weight is 356 g/mol. The normalized spacial score (nSPS) is 27.2. The van der Waals surface area contributed by atoms with E-state index in [1.54, 1.807) is 0 Å². The van der Waals surface area contributed by atoms with Crippen molar-refractivity contribution in [3.05, 3.63) is 41.8 Å². The van der Waals surface area contributed by atoms with Crippen LogP contribution in [0.5, 0.6) is 0 Å². The SMILES string of the molecule is CCOP12(OC(OC)=C(c3ccccc3)O1)OC(C)(C)C(C)(C)O2. The maximum absolute atomic E-state index is 6.24. The fraction of sp³-hybridized carbons (Fsp3) is 0.529. The Bertz CT molecular complexity index is 651. The molecule has 1 aromatic carbocycles. The van der Waals surface area contributed by atoms with Gasteiger partial charge in [-0.1, -0.05) is 0 Å². The molecular formula is C17H25O6P. The second kappa shape index (κ2) is 5.33. The van der Waals surface area contributed by atoms with Crippen LogP contribution in [0.3, 0.4) is 0 Å². The second-order valence-corrected chi connectivity index (χ2v) is 9.21. The third kappa shape index (κ3) is 2.49. The van der Waals surface area contributed by atoms with E-state index < -0.39 is 18.9 Å². The molecule has 1 aromatic rings. The summed E-state index contributed by atoms with van der Waals surface area (Å²) in [5.41, 5.74) is -0.555. The zero-order valence-electron chi connectivity index (χ0n) is 15.0. The Morgan fingerprint density at radius 1 is 0.958 bits per heavy atom. The van der Waals surface area contributed by atoms with Crippen LogP contribution in [0.1, 0.15) is 40.2 Å². The molecule has 0 aromatic heterocycles. The Labute approximate surface area is 143 Å². The molecule has 1 spiro atoms. The van der Waals surface area contributed by atoms with Crippen molar-refractivity contribution in [2.24, 2.45) is 0 Å². The number of ether oxygens (including phenoxy) is 1. The van der Waals surface area contributed by atoms with Gasteiger partial charge in [0.15, 0.2) is 0 Å². The van der Waals surface area contributed by atoms with Gasteiger partial charge in [0.25, 0.3) is 0 Å². The van der Waals surface area contributed by atoms with E-state index in [2.05, 4.69) is 0 Å². The van der Waals surface area contributed by atoms with Crippen LogP contribution in [0.25, 0.3) is 5.76 Å². The molecule has 24 heavy (non-hydrogen) atoms. The predicted molar refractivity (Wildman–Crippen MR) is 91.4 cm³/mol. The van der Waals surface area contributed by atoms with Crippen LogP contribution in [0.2, 0.25) is 0 Å². The molecule has 0 amide bonds. The molecule has 134 valence electrons. The molecule has 0 saturated carbocycles. The van der Waals surface area contributed by atoms with Gasteiger partial charge in [0.2, 0.25) is 0 Å². The fourth-order valence-electron chi connectivity index (χ4n) is 2.65.